The first-order valence-electron chi connectivity index (χ1n) is 5.62. The summed E-state index contributed by atoms with van der Waals surface area (Å²) in [6, 6.07) is 7.13. The van der Waals surface area contributed by atoms with Crippen LogP contribution >= 0.6 is 0 Å². The first-order chi connectivity index (χ1) is 9.01. The number of nitrogens with one attached hydrogen (secondary N) is 1. The van der Waals surface area contributed by atoms with Gasteiger partial charge in [-0.1, -0.05) is 0 Å². The maximum atomic E-state index is 10.6. The number of hydrogen-bond donors (Lipinski definition) is 1. The molecule has 19 heavy (non-hydrogen) atoms. The highest BCUT2D eigenvalue weighted by Gasteiger charge is 2.01. The van der Waals surface area contributed by atoms with Crippen LogP contribution in [0.15, 0.2) is 48.4 Å². The topological polar surface area (TPSA) is 67.6 Å². The Labute approximate surface area is 112 Å². The van der Waals surface area contributed by atoms with Gasteiger partial charge in [0.2, 0.25) is 0 Å². The van der Waals surface area contributed by atoms with E-state index in [-0.39, 0.29) is 0 Å². The highest BCUT2D eigenvalue weighted by atomic mass is 16.6. The van der Waals surface area contributed by atoms with E-state index in [1.165, 1.54) is 0 Å². The molecule has 0 aliphatic carbocycles. The van der Waals surface area contributed by atoms with Crippen molar-refractivity contribution in [1.82, 2.24) is 4.90 Å². The fourth-order valence-electron chi connectivity index (χ4n) is 1.30. The molecule has 1 aromatic carbocycles. The maximum Gasteiger partial charge on any atom is 0.257 e. The molecule has 0 saturated heterocycles. The number of nitro groups is 1. The van der Waals surface area contributed by atoms with E-state index in [2.05, 4.69) is 5.32 Å². The average Bonchev–Trinajstić information content (AvgIpc) is 2.36. The van der Waals surface area contributed by atoms with Crippen molar-refractivity contribution in [3.8, 4) is 5.75 Å². The summed E-state index contributed by atoms with van der Waals surface area (Å²) in [5.74, 6) is 0.731. The number of ether oxygens (including phenoxy) is 1. The van der Waals surface area contributed by atoms with Crippen molar-refractivity contribution in [3.63, 3.8) is 0 Å². The molecular weight excluding hydrogens is 246 g/mol. The molecule has 102 valence electrons. The zero-order valence-electron chi connectivity index (χ0n) is 11.2. The maximum absolute atomic E-state index is 10.6. The van der Waals surface area contributed by atoms with E-state index in [0.29, 0.717) is 5.70 Å². The SMILES string of the molecule is COc1ccc(NC(/C=C\N(C)C)=C\[N+](=O)[O-])cc1. The monoisotopic (exact) mass is 263 g/mol. The van der Waals surface area contributed by atoms with Crippen LogP contribution in [0.25, 0.3) is 0 Å². The fourth-order valence-corrected chi connectivity index (χ4v) is 1.30. The van der Waals surface area contributed by atoms with Crippen LogP contribution in [0.1, 0.15) is 0 Å². The second-order valence-corrected chi connectivity index (χ2v) is 4.00. The van der Waals surface area contributed by atoms with Gasteiger partial charge in [0.05, 0.1) is 12.0 Å². The van der Waals surface area contributed by atoms with Gasteiger partial charge in [-0.05, 0) is 30.3 Å². The van der Waals surface area contributed by atoms with Gasteiger partial charge in [0.1, 0.15) is 11.4 Å². The summed E-state index contributed by atoms with van der Waals surface area (Å²) in [5.41, 5.74) is 1.14. The van der Waals surface area contributed by atoms with Crippen LogP contribution in [0.4, 0.5) is 5.69 Å². The highest BCUT2D eigenvalue weighted by molar-refractivity contribution is 5.52. The van der Waals surface area contributed by atoms with Crippen molar-refractivity contribution >= 4 is 5.69 Å². The summed E-state index contributed by atoms with van der Waals surface area (Å²) in [5, 5.41) is 13.5. The number of hydrogen-bond acceptors (Lipinski definition) is 5. The molecule has 0 spiro atoms. The lowest BCUT2D eigenvalue weighted by Crippen LogP contribution is -2.04. The van der Waals surface area contributed by atoms with Crippen molar-refractivity contribution in [2.75, 3.05) is 26.5 Å². The molecule has 1 N–H and O–H groups in total. The van der Waals surface area contributed by atoms with Crippen LogP contribution in [-0.4, -0.2) is 31.0 Å². The minimum atomic E-state index is -0.494. The predicted octanol–water partition coefficient (Wildman–Crippen LogP) is 2.30. The van der Waals surface area contributed by atoms with Gasteiger partial charge in [0.15, 0.2) is 0 Å². The van der Waals surface area contributed by atoms with Gasteiger partial charge in [-0.2, -0.15) is 0 Å². The third-order valence-electron chi connectivity index (χ3n) is 2.18. The van der Waals surface area contributed by atoms with Crippen LogP contribution in [0, 0.1) is 10.1 Å². The van der Waals surface area contributed by atoms with Gasteiger partial charge in [0.25, 0.3) is 6.20 Å². The second-order valence-electron chi connectivity index (χ2n) is 4.00. The average molecular weight is 263 g/mol. The Bertz CT molecular complexity index is 478. The van der Waals surface area contributed by atoms with E-state index in [1.54, 1.807) is 48.6 Å². The van der Waals surface area contributed by atoms with Gasteiger partial charge in [-0.15, -0.1) is 0 Å². The summed E-state index contributed by atoms with van der Waals surface area (Å²) >= 11 is 0. The molecular formula is C13H17N3O3. The minimum absolute atomic E-state index is 0.392. The van der Waals surface area contributed by atoms with Gasteiger partial charge >= 0.3 is 0 Å². The van der Waals surface area contributed by atoms with Crippen LogP contribution in [0.2, 0.25) is 0 Å². The fraction of sp³-hybridized carbons (Fsp3) is 0.231. The highest BCUT2D eigenvalue weighted by Crippen LogP contribution is 2.16. The third kappa shape index (κ3) is 5.58. The molecule has 0 heterocycles. The molecule has 1 aromatic rings. The number of anilines is 1. The van der Waals surface area contributed by atoms with Crippen LogP contribution in [0.5, 0.6) is 5.75 Å². The summed E-state index contributed by atoms with van der Waals surface area (Å²) in [7, 11) is 5.27. The van der Waals surface area contributed by atoms with Crippen molar-refractivity contribution < 1.29 is 9.66 Å². The zero-order valence-corrected chi connectivity index (χ0v) is 11.2. The molecule has 0 saturated carbocycles. The molecule has 0 aliphatic heterocycles. The van der Waals surface area contributed by atoms with E-state index in [9.17, 15) is 10.1 Å². The van der Waals surface area contributed by atoms with E-state index in [0.717, 1.165) is 17.6 Å². The lowest BCUT2D eigenvalue weighted by atomic mass is 10.3. The van der Waals surface area contributed by atoms with E-state index in [1.807, 2.05) is 14.1 Å². The summed E-state index contributed by atoms with van der Waals surface area (Å²) in [6.07, 6.45) is 4.28. The van der Waals surface area contributed by atoms with Crippen molar-refractivity contribution in [2.45, 2.75) is 0 Å². The van der Waals surface area contributed by atoms with Crippen LogP contribution in [0.3, 0.4) is 0 Å². The largest absolute Gasteiger partial charge is 0.497 e. The summed E-state index contributed by atoms with van der Waals surface area (Å²) in [4.78, 5) is 11.9. The quantitative estimate of drug-likeness (QED) is 0.484. The third-order valence-corrected chi connectivity index (χ3v) is 2.18. The van der Waals surface area contributed by atoms with Crippen molar-refractivity contribution in [2.24, 2.45) is 0 Å². The van der Waals surface area contributed by atoms with E-state index < -0.39 is 4.92 Å². The smallest absolute Gasteiger partial charge is 0.257 e. The Hall–Kier alpha value is -2.50. The number of nitrogens with zero attached hydrogens (tertiary/aromatic N) is 2. The number of methoxy groups -OCH3 is 1. The standard InChI is InChI=1S/C13H17N3O3/c1-15(2)9-8-12(10-16(17)18)14-11-4-6-13(19-3)7-5-11/h4-10,14H,1-3H3/b9-8-,12-10-. The number of benzene rings is 1. The molecule has 0 aromatic heterocycles. The van der Waals surface area contributed by atoms with Gasteiger partial charge in [-0.25, -0.2) is 0 Å². The number of allylic oxidation sites excluding steroid dienone is 1. The molecule has 0 atom stereocenters. The first kappa shape index (κ1) is 14.6. The molecule has 6 nitrogen and oxygen atoms in total. The Morgan fingerprint density at radius 1 is 1.37 bits per heavy atom. The van der Waals surface area contributed by atoms with Gasteiger partial charge in [0, 0.05) is 26.0 Å². The predicted molar refractivity (Wildman–Crippen MR) is 74.5 cm³/mol. The van der Waals surface area contributed by atoms with Crippen LogP contribution < -0.4 is 10.1 Å². The molecule has 0 amide bonds. The lowest BCUT2D eigenvalue weighted by Gasteiger charge is -2.08. The summed E-state index contributed by atoms with van der Waals surface area (Å²) in [6.45, 7) is 0. The number of rotatable bonds is 6. The Kier molecular flexibility index (Phi) is 5.40. The molecule has 0 radical (unpaired) electrons. The zero-order chi connectivity index (χ0) is 14.3. The first-order valence-corrected chi connectivity index (χ1v) is 5.62. The minimum Gasteiger partial charge on any atom is -0.497 e. The molecule has 0 unspecified atom stereocenters. The lowest BCUT2D eigenvalue weighted by molar-refractivity contribution is -0.403. The second kappa shape index (κ2) is 7.05. The Morgan fingerprint density at radius 3 is 2.47 bits per heavy atom. The normalized spacial score (nSPS) is 11.4. The molecule has 1 rings (SSSR count). The van der Waals surface area contributed by atoms with E-state index >= 15 is 0 Å². The molecule has 6 heteroatoms. The summed E-state index contributed by atoms with van der Waals surface area (Å²) < 4.78 is 5.05. The van der Waals surface area contributed by atoms with Gasteiger partial charge < -0.3 is 15.0 Å². The molecule has 0 aliphatic rings. The Balaban J connectivity index is 2.84. The van der Waals surface area contributed by atoms with Gasteiger partial charge in [-0.3, -0.25) is 10.1 Å². The Morgan fingerprint density at radius 2 is 2.00 bits per heavy atom. The van der Waals surface area contributed by atoms with E-state index in [4.69, 9.17) is 4.74 Å². The van der Waals surface area contributed by atoms with Crippen LogP contribution in [-0.2, 0) is 0 Å². The molecule has 0 fully saturated rings. The van der Waals surface area contributed by atoms with Crippen molar-refractivity contribution in [3.05, 3.63) is 58.6 Å². The van der Waals surface area contributed by atoms with Crippen molar-refractivity contribution in [1.29, 1.82) is 0 Å². The molecule has 0 bridgehead atoms.